The van der Waals surface area contributed by atoms with E-state index in [9.17, 15) is 10.0 Å². The molecule has 0 amide bonds. The third-order valence-electron chi connectivity index (χ3n) is 2.10. The first-order chi connectivity index (χ1) is 6.59. The first-order valence-corrected chi connectivity index (χ1v) is 6.04. The number of aryl methyl sites for hydroxylation is 1. The molecule has 0 aliphatic rings. The number of rotatable bonds is 1. The van der Waals surface area contributed by atoms with E-state index in [4.69, 9.17) is 0 Å². The Morgan fingerprint density at radius 1 is 1.36 bits per heavy atom. The number of benzene rings is 1. The van der Waals surface area contributed by atoms with Crippen LogP contribution in [0, 0.1) is 9.81 Å². The van der Waals surface area contributed by atoms with Crippen LogP contribution in [0.5, 0.6) is 0 Å². The van der Waals surface area contributed by atoms with Crippen LogP contribution in [0.3, 0.4) is 0 Å². The molecule has 2 nitrogen and oxygen atoms in total. The SMILES string of the molecule is Cc1ccc2c(B(O)O)c(I)sc2c1. The van der Waals surface area contributed by atoms with Gasteiger partial charge in [0.25, 0.3) is 0 Å². The summed E-state index contributed by atoms with van der Waals surface area (Å²) in [6.07, 6.45) is 0. The highest BCUT2D eigenvalue weighted by Crippen LogP contribution is 2.25. The van der Waals surface area contributed by atoms with Gasteiger partial charge in [0.1, 0.15) is 0 Å². The summed E-state index contributed by atoms with van der Waals surface area (Å²) in [5.74, 6) is 0. The average Bonchev–Trinajstić information content (AvgIpc) is 2.39. The summed E-state index contributed by atoms with van der Waals surface area (Å²) in [7, 11) is -1.38. The molecular formula is C9H8BIO2S. The third kappa shape index (κ3) is 1.69. The van der Waals surface area contributed by atoms with E-state index in [1.807, 2.05) is 19.1 Å². The minimum Gasteiger partial charge on any atom is -0.423 e. The molecule has 2 N–H and O–H groups in total. The monoisotopic (exact) mass is 318 g/mol. The molecule has 0 unspecified atom stereocenters. The van der Waals surface area contributed by atoms with Crippen LogP contribution in [0.2, 0.25) is 0 Å². The first kappa shape index (κ1) is 10.4. The summed E-state index contributed by atoms with van der Waals surface area (Å²) in [5, 5.41) is 19.4. The van der Waals surface area contributed by atoms with Crippen LogP contribution < -0.4 is 5.46 Å². The number of hydrogen-bond donors (Lipinski definition) is 2. The highest BCUT2D eigenvalue weighted by Gasteiger charge is 2.20. The average molecular weight is 318 g/mol. The standard InChI is InChI=1S/C9H8BIO2S/c1-5-2-3-6-7(4-5)14-9(11)8(6)10(12)13/h2-4,12-13H,1H3. The molecule has 0 saturated heterocycles. The highest BCUT2D eigenvalue weighted by molar-refractivity contribution is 14.1. The Balaban J connectivity index is 2.77. The lowest BCUT2D eigenvalue weighted by Gasteiger charge is -1.98. The van der Waals surface area contributed by atoms with Gasteiger partial charge in [-0.15, -0.1) is 11.3 Å². The summed E-state index contributed by atoms with van der Waals surface area (Å²) < 4.78 is 2.05. The van der Waals surface area contributed by atoms with Crippen molar-refractivity contribution in [2.45, 2.75) is 6.92 Å². The van der Waals surface area contributed by atoms with Gasteiger partial charge >= 0.3 is 7.12 Å². The quantitative estimate of drug-likeness (QED) is 0.618. The fourth-order valence-corrected chi connectivity index (χ4v) is 3.77. The largest absolute Gasteiger partial charge is 0.491 e. The van der Waals surface area contributed by atoms with E-state index in [-0.39, 0.29) is 0 Å². The molecule has 5 heteroatoms. The van der Waals surface area contributed by atoms with E-state index in [1.54, 1.807) is 11.3 Å². The summed E-state index contributed by atoms with van der Waals surface area (Å²) in [6, 6.07) is 5.99. The molecular weight excluding hydrogens is 310 g/mol. The zero-order chi connectivity index (χ0) is 10.3. The minimum absolute atomic E-state index is 0.630. The van der Waals surface area contributed by atoms with Gasteiger partial charge in [0.2, 0.25) is 0 Å². The Kier molecular flexibility index (Phi) is 2.83. The summed E-state index contributed by atoms with van der Waals surface area (Å²) in [4.78, 5) is 0. The van der Waals surface area contributed by atoms with Gasteiger partial charge in [-0.2, -0.15) is 0 Å². The van der Waals surface area contributed by atoms with Gasteiger partial charge in [-0.1, -0.05) is 12.1 Å². The Labute approximate surface area is 99.9 Å². The molecule has 72 valence electrons. The Morgan fingerprint density at radius 3 is 2.71 bits per heavy atom. The van der Waals surface area contributed by atoms with Gasteiger partial charge in [-0.3, -0.25) is 0 Å². The number of hydrogen-bond acceptors (Lipinski definition) is 3. The Hall–Kier alpha value is -0.105. The van der Waals surface area contributed by atoms with Gasteiger partial charge in [-0.25, -0.2) is 0 Å². The second kappa shape index (κ2) is 3.81. The van der Waals surface area contributed by atoms with E-state index in [0.717, 1.165) is 13.0 Å². The molecule has 0 aliphatic carbocycles. The van der Waals surface area contributed by atoms with Crippen molar-refractivity contribution in [2.24, 2.45) is 0 Å². The minimum atomic E-state index is -1.38. The smallest absolute Gasteiger partial charge is 0.423 e. The van der Waals surface area contributed by atoms with E-state index < -0.39 is 7.12 Å². The lowest BCUT2D eigenvalue weighted by molar-refractivity contribution is 0.426. The molecule has 0 bridgehead atoms. The van der Waals surface area contributed by atoms with Crippen LogP contribution in [0.1, 0.15) is 5.56 Å². The van der Waals surface area contributed by atoms with Crippen molar-refractivity contribution in [3.8, 4) is 0 Å². The summed E-state index contributed by atoms with van der Waals surface area (Å²) >= 11 is 3.73. The molecule has 0 aliphatic heterocycles. The molecule has 0 atom stereocenters. The maximum absolute atomic E-state index is 9.22. The van der Waals surface area contributed by atoms with Crippen LogP contribution in [0.25, 0.3) is 10.1 Å². The maximum atomic E-state index is 9.22. The lowest BCUT2D eigenvalue weighted by atomic mass is 9.80. The number of halogens is 1. The molecule has 0 fully saturated rings. The molecule has 14 heavy (non-hydrogen) atoms. The molecule has 0 saturated carbocycles. The van der Waals surface area contributed by atoms with E-state index >= 15 is 0 Å². The van der Waals surface area contributed by atoms with E-state index in [1.165, 1.54) is 5.56 Å². The lowest BCUT2D eigenvalue weighted by Crippen LogP contribution is -2.30. The van der Waals surface area contributed by atoms with Crippen LogP contribution in [-0.2, 0) is 0 Å². The van der Waals surface area contributed by atoms with Crippen LogP contribution in [0.4, 0.5) is 0 Å². The molecule has 1 heterocycles. The summed E-state index contributed by atoms with van der Waals surface area (Å²) in [5.41, 5.74) is 1.82. The van der Waals surface area contributed by atoms with Crippen molar-refractivity contribution in [3.05, 3.63) is 26.6 Å². The molecule has 2 aromatic rings. The topological polar surface area (TPSA) is 40.5 Å². The van der Waals surface area contributed by atoms with Crippen molar-refractivity contribution >= 4 is 56.6 Å². The molecule has 0 spiro atoms. The normalized spacial score (nSPS) is 10.9. The number of thiophene rings is 1. The first-order valence-electron chi connectivity index (χ1n) is 4.14. The van der Waals surface area contributed by atoms with Gasteiger partial charge in [0.05, 0.1) is 2.88 Å². The van der Waals surface area contributed by atoms with Gasteiger partial charge in [0.15, 0.2) is 0 Å². The summed E-state index contributed by atoms with van der Waals surface area (Å²) in [6.45, 7) is 2.03. The molecule has 0 radical (unpaired) electrons. The fraction of sp³-hybridized carbons (Fsp3) is 0.111. The van der Waals surface area contributed by atoms with Crippen molar-refractivity contribution in [2.75, 3.05) is 0 Å². The van der Waals surface area contributed by atoms with Crippen molar-refractivity contribution in [1.82, 2.24) is 0 Å². The van der Waals surface area contributed by atoms with Gasteiger partial charge < -0.3 is 10.0 Å². The molecule has 1 aromatic heterocycles. The van der Waals surface area contributed by atoms with Gasteiger partial charge in [-0.05, 0) is 46.5 Å². The van der Waals surface area contributed by atoms with Crippen LogP contribution in [-0.4, -0.2) is 17.2 Å². The predicted molar refractivity (Wildman–Crippen MR) is 69.1 cm³/mol. The maximum Gasteiger partial charge on any atom is 0.491 e. The Morgan fingerprint density at radius 2 is 2.07 bits per heavy atom. The zero-order valence-corrected chi connectivity index (χ0v) is 10.5. The zero-order valence-electron chi connectivity index (χ0n) is 7.49. The van der Waals surface area contributed by atoms with Crippen molar-refractivity contribution < 1.29 is 10.0 Å². The second-order valence-electron chi connectivity index (χ2n) is 3.16. The van der Waals surface area contributed by atoms with Gasteiger partial charge in [0, 0.05) is 10.2 Å². The van der Waals surface area contributed by atoms with Crippen molar-refractivity contribution in [3.63, 3.8) is 0 Å². The third-order valence-corrected chi connectivity index (χ3v) is 4.30. The second-order valence-corrected chi connectivity index (χ2v) is 6.03. The highest BCUT2D eigenvalue weighted by atomic mass is 127. The molecule has 2 rings (SSSR count). The fourth-order valence-electron chi connectivity index (χ4n) is 1.43. The van der Waals surface area contributed by atoms with E-state index in [2.05, 4.69) is 28.7 Å². The number of fused-ring (bicyclic) bond motifs is 1. The molecule has 1 aromatic carbocycles. The van der Waals surface area contributed by atoms with Crippen LogP contribution in [0.15, 0.2) is 18.2 Å². The predicted octanol–water partition coefficient (Wildman–Crippen LogP) is 1.49. The van der Waals surface area contributed by atoms with Crippen molar-refractivity contribution in [1.29, 1.82) is 0 Å². The van der Waals surface area contributed by atoms with E-state index in [0.29, 0.717) is 5.46 Å². The van der Waals surface area contributed by atoms with Crippen LogP contribution >= 0.6 is 33.9 Å². The Bertz CT molecular complexity index is 481.